The molecule has 0 N–H and O–H groups in total. The van der Waals surface area contributed by atoms with Gasteiger partial charge < -0.3 is 4.57 Å². The van der Waals surface area contributed by atoms with E-state index >= 15 is 0 Å². The van der Waals surface area contributed by atoms with E-state index in [-0.39, 0.29) is 0 Å². The zero-order chi connectivity index (χ0) is 16.4. The molecule has 5 heteroatoms. The monoisotopic (exact) mass is 355 g/mol. The number of hydrogen-bond donors (Lipinski definition) is 0. The molecule has 1 heterocycles. The Labute approximate surface area is 151 Å². The maximum Gasteiger partial charge on any atom is 0.191 e. The predicted molar refractivity (Wildman–Crippen MR) is 98.6 cm³/mol. The molecule has 3 nitrogen and oxygen atoms in total. The highest BCUT2D eigenvalue weighted by atomic mass is 35.5. The van der Waals surface area contributed by atoms with Crippen LogP contribution in [0.25, 0.3) is 0 Å². The molecule has 0 aliphatic heterocycles. The lowest BCUT2D eigenvalue weighted by Crippen LogP contribution is -2.06. The van der Waals surface area contributed by atoms with E-state index in [0.717, 1.165) is 28.3 Å². The number of hydrogen-bond acceptors (Lipinski definition) is 3. The molecule has 3 aromatic rings. The van der Waals surface area contributed by atoms with E-state index in [1.807, 2.05) is 24.3 Å². The van der Waals surface area contributed by atoms with Crippen molar-refractivity contribution in [2.24, 2.45) is 0 Å². The summed E-state index contributed by atoms with van der Waals surface area (Å²) in [5.74, 6) is 2.56. The Morgan fingerprint density at radius 1 is 1.00 bits per heavy atom. The van der Waals surface area contributed by atoms with E-state index in [0.29, 0.717) is 5.92 Å². The highest BCUT2D eigenvalue weighted by molar-refractivity contribution is 7.98. The summed E-state index contributed by atoms with van der Waals surface area (Å²) >= 11 is 7.80. The lowest BCUT2D eigenvalue weighted by molar-refractivity contribution is 0.667. The van der Waals surface area contributed by atoms with E-state index < -0.39 is 0 Å². The fourth-order valence-corrected chi connectivity index (χ4v) is 3.84. The van der Waals surface area contributed by atoms with E-state index in [9.17, 15) is 0 Å². The molecule has 0 spiro atoms. The first-order valence-corrected chi connectivity index (χ1v) is 9.50. The van der Waals surface area contributed by atoms with Gasteiger partial charge in [-0.15, -0.1) is 10.2 Å². The summed E-state index contributed by atoms with van der Waals surface area (Å²) in [4.78, 5) is 0. The molecule has 0 amide bonds. The molecule has 122 valence electrons. The maximum atomic E-state index is 6.08. The summed E-state index contributed by atoms with van der Waals surface area (Å²) in [5.41, 5.74) is 2.48. The largest absolute Gasteiger partial charge is 0.301 e. The van der Waals surface area contributed by atoms with Crippen LogP contribution >= 0.6 is 23.4 Å². The van der Waals surface area contributed by atoms with Crippen molar-refractivity contribution < 1.29 is 0 Å². The first-order valence-electron chi connectivity index (χ1n) is 8.14. The fraction of sp³-hybridized carbons (Fsp3) is 0.263. The second kappa shape index (κ2) is 6.99. The van der Waals surface area contributed by atoms with Crippen LogP contribution in [0, 0.1) is 0 Å². The third kappa shape index (κ3) is 3.65. The van der Waals surface area contributed by atoms with Crippen molar-refractivity contribution in [3.05, 3.63) is 76.6 Å². The first kappa shape index (κ1) is 15.7. The SMILES string of the molecule is Clc1cccc(CSc2nnc(C3CC3)n2Cc2ccccc2)c1. The molecule has 1 aromatic heterocycles. The smallest absolute Gasteiger partial charge is 0.191 e. The number of halogens is 1. The van der Waals surface area contributed by atoms with Gasteiger partial charge in [0.25, 0.3) is 0 Å². The molecule has 1 aliphatic carbocycles. The molecule has 2 aromatic carbocycles. The van der Waals surface area contributed by atoms with Gasteiger partial charge in [0.15, 0.2) is 5.16 Å². The standard InChI is InChI=1S/C19H18ClN3S/c20-17-8-4-7-15(11-17)13-24-19-22-21-18(16-9-10-16)23(19)12-14-5-2-1-3-6-14/h1-8,11,16H,9-10,12-13H2. The third-order valence-electron chi connectivity index (χ3n) is 4.13. The fourth-order valence-electron chi connectivity index (χ4n) is 2.74. The van der Waals surface area contributed by atoms with Crippen LogP contribution in [0.1, 0.15) is 35.7 Å². The summed E-state index contributed by atoms with van der Waals surface area (Å²) < 4.78 is 2.28. The van der Waals surface area contributed by atoms with Crippen molar-refractivity contribution in [3.63, 3.8) is 0 Å². The van der Waals surface area contributed by atoms with Gasteiger partial charge in [-0.25, -0.2) is 0 Å². The van der Waals surface area contributed by atoms with Gasteiger partial charge in [-0.05, 0) is 36.1 Å². The zero-order valence-electron chi connectivity index (χ0n) is 13.2. The van der Waals surface area contributed by atoms with Gasteiger partial charge in [-0.2, -0.15) is 0 Å². The van der Waals surface area contributed by atoms with E-state index in [1.165, 1.54) is 24.0 Å². The Hall–Kier alpha value is -1.78. The van der Waals surface area contributed by atoms with Crippen LogP contribution in [0.15, 0.2) is 59.8 Å². The summed E-state index contributed by atoms with van der Waals surface area (Å²) in [5, 5.41) is 10.7. The molecule has 1 aliphatic rings. The second-order valence-electron chi connectivity index (χ2n) is 6.11. The zero-order valence-corrected chi connectivity index (χ0v) is 14.8. The number of benzene rings is 2. The van der Waals surface area contributed by atoms with E-state index in [2.05, 4.69) is 45.1 Å². The molecule has 1 fully saturated rings. The Morgan fingerprint density at radius 2 is 1.79 bits per heavy atom. The topological polar surface area (TPSA) is 30.7 Å². The number of rotatable bonds is 6. The van der Waals surface area contributed by atoms with Crippen LogP contribution in [0.4, 0.5) is 0 Å². The summed E-state index contributed by atoms with van der Waals surface area (Å²) in [6.07, 6.45) is 2.46. The van der Waals surface area contributed by atoms with Crippen LogP contribution < -0.4 is 0 Å². The van der Waals surface area contributed by atoms with Crippen molar-refractivity contribution in [1.29, 1.82) is 0 Å². The molecule has 1 saturated carbocycles. The van der Waals surface area contributed by atoms with Crippen LogP contribution in [0.3, 0.4) is 0 Å². The quantitative estimate of drug-likeness (QED) is 0.573. The molecule has 0 saturated heterocycles. The molecule has 4 rings (SSSR count). The predicted octanol–water partition coefficient (Wildman–Crippen LogP) is 5.15. The highest BCUT2D eigenvalue weighted by Gasteiger charge is 2.30. The Balaban J connectivity index is 1.56. The molecular formula is C19H18ClN3S. The van der Waals surface area contributed by atoms with Gasteiger partial charge in [0, 0.05) is 16.7 Å². The molecular weight excluding hydrogens is 338 g/mol. The van der Waals surface area contributed by atoms with Crippen molar-refractivity contribution >= 4 is 23.4 Å². The van der Waals surface area contributed by atoms with Crippen LogP contribution in [-0.2, 0) is 12.3 Å². The van der Waals surface area contributed by atoms with Crippen LogP contribution in [0.5, 0.6) is 0 Å². The second-order valence-corrected chi connectivity index (χ2v) is 7.48. The molecule has 0 radical (unpaired) electrons. The van der Waals surface area contributed by atoms with Gasteiger partial charge in [-0.1, -0.05) is 65.8 Å². The summed E-state index contributed by atoms with van der Waals surface area (Å²) in [6, 6.07) is 18.5. The third-order valence-corrected chi connectivity index (χ3v) is 5.40. The summed E-state index contributed by atoms with van der Waals surface area (Å²) in [7, 11) is 0. The normalized spacial score (nSPS) is 14.0. The van der Waals surface area contributed by atoms with Crippen molar-refractivity contribution in [3.8, 4) is 0 Å². The Morgan fingerprint density at radius 3 is 2.54 bits per heavy atom. The maximum absolute atomic E-state index is 6.08. The molecule has 24 heavy (non-hydrogen) atoms. The lowest BCUT2D eigenvalue weighted by atomic mass is 10.2. The Bertz CT molecular complexity index is 828. The highest BCUT2D eigenvalue weighted by Crippen LogP contribution is 2.40. The van der Waals surface area contributed by atoms with E-state index in [1.54, 1.807) is 11.8 Å². The minimum absolute atomic E-state index is 0.585. The molecule has 0 atom stereocenters. The summed E-state index contributed by atoms with van der Waals surface area (Å²) in [6.45, 7) is 0.831. The van der Waals surface area contributed by atoms with Crippen LogP contribution in [0.2, 0.25) is 5.02 Å². The average molecular weight is 356 g/mol. The Kier molecular flexibility index (Phi) is 4.58. The number of nitrogens with zero attached hydrogens (tertiary/aromatic N) is 3. The lowest BCUT2D eigenvalue weighted by Gasteiger charge is -2.10. The van der Waals surface area contributed by atoms with Gasteiger partial charge in [0.1, 0.15) is 5.82 Å². The van der Waals surface area contributed by atoms with Gasteiger partial charge in [0.2, 0.25) is 0 Å². The molecule has 0 bridgehead atoms. The first-order chi connectivity index (χ1) is 11.8. The minimum atomic E-state index is 0.585. The number of thioether (sulfide) groups is 1. The van der Waals surface area contributed by atoms with Crippen LogP contribution in [-0.4, -0.2) is 14.8 Å². The minimum Gasteiger partial charge on any atom is -0.301 e. The van der Waals surface area contributed by atoms with Crippen molar-refractivity contribution in [2.75, 3.05) is 0 Å². The van der Waals surface area contributed by atoms with Gasteiger partial charge >= 0.3 is 0 Å². The van der Waals surface area contributed by atoms with E-state index in [4.69, 9.17) is 11.6 Å². The number of aromatic nitrogens is 3. The van der Waals surface area contributed by atoms with Crippen molar-refractivity contribution in [1.82, 2.24) is 14.8 Å². The molecule has 0 unspecified atom stereocenters. The van der Waals surface area contributed by atoms with Gasteiger partial charge in [-0.3, -0.25) is 0 Å². The van der Waals surface area contributed by atoms with Crippen molar-refractivity contribution in [2.45, 2.75) is 36.2 Å². The van der Waals surface area contributed by atoms with Gasteiger partial charge in [0.05, 0.1) is 6.54 Å². The average Bonchev–Trinajstić information content (AvgIpc) is 3.37.